The smallest absolute Gasteiger partial charge is 0.337 e. The Bertz CT molecular complexity index is 1100. The summed E-state index contributed by atoms with van der Waals surface area (Å²) in [5, 5.41) is 10.2. The highest BCUT2D eigenvalue weighted by Crippen LogP contribution is 2.20. The van der Waals surface area contributed by atoms with Crippen LogP contribution in [0.4, 0.5) is 4.79 Å². The van der Waals surface area contributed by atoms with Gasteiger partial charge in [0.25, 0.3) is 0 Å². The molecule has 0 aliphatic carbocycles. The molecular formula is C18H22N6O4. The second-order valence-corrected chi connectivity index (χ2v) is 7.56. The van der Waals surface area contributed by atoms with Gasteiger partial charge in [0.1, 0.15) is 12.6 Å². The van der Waals surface area contributed by atoms with Gasteiger partial charge in [0, 0.05) is 6.92 Å². The number of hydrogen-bond donors (Lipinski definition) is 2. The van der Waals surface area contributed by atoms with Gasteiger partial charge in [-0.1, -0.05) is 32.9 Å². The summed E-state index contributed by atoms with van der Waals surface area (Å²) in [4.78, 5) is 37.7. The number of benzene rings is 1. The normalized spacial score (nSPS) is 12.9. The number of nitrogens with zero attached hydrogens (tertiary/aromatic N) is 4. The molecule has 2 aromatic heterocycles. The number of aromatic nitrogens is 4. The number of para-hydroxylation sites is 2. The van der Waals surface area contributed by atoms with Crippen LogP contribution < -0.4 is 16.7 Å². The maximum absolute atomic E-state index is 13.0. The topological polar surface area (TPSA) is 138 Å². The molecule has 0 bridgehead atoms. The van der Waals surface area contributed by atoms with E-state index >= 15 is 0 Å². The van der Waals surface area contributed by atoms with Crippen molar-refractivity contribution >= 4 is 23.0 Å². The van der Waals surface area contributed by atoms with Crippen molar-refractivity contribution in [2.24, 2.45) is 11.1 Å². The predicted molar refractivity (Wildman–Crippen MR) is 101 cm³/mol. The second kappa shape index (κ2) is 6.95. The van der Waals surface area contributed by atoms with Gasteiger partial charge in [0.15, 0.2) is 0 Å². The third-order valence-electron chi connectivity index (χ3n) is 4.32. The number of aryl methyl sites for hydroxylation is 1. The van der Waals surface area contributed by atoms with Crippen molar-refractivity contribution in [3.63, 3.8) is 0 Å². The first-order valence-electron chi connectivity index (χ1n) is 8.69. The van der Waals surface area contributed by atoms with Crippen molar-refractivity contribution in [3.8, 4) is 0 Å². The van der Waals surface area contributed by atoms with E-state index in [1.807, 2.05) is 0 Å². The lowest BCUT2D eigenvalue weighted by molar-refractivity contribution is -0.122. The summed E-state index contributed by atoms with van der Waals surface area (Å²) in [6.45, 7) is 6.97. The van der Waals surface area contributed by atoms with Crippen LogP contribution in [0.2, 0.25) is 0 Å². The average molecular weight is 386 g/mol. The summed E-state index contributed by atoms with van der Waals surface area (Å²) in [6.07, 6.45) is 0. The third kappa shape index (κ3) is 3.53. The van der Waals surface area contributed by atoms with E-state index in [-0.39, 0.29) is 12.4 Å². The van der Waals surface area contributed by atoms with Gasteiger partial charge in [-0.15, -0.1) is 10.2 Å². The summed E-state index contributed by atoms with van der Waals surface area (Å²) >= 11 is 0. The van der Waals surface area contributed by atoms with Crippen molar-refractivity contribution < 1.29 is 14.0 Å². The molecule has 0 unspecified atom stereocenters. The van der Waals surface area contributed by atoms with Crippen LogP contribution in [0.3, 0.4) is 0 Å². The lowest BCUT2D eigenvalue weighted by Gasteiger charge is -2.28. The Kier molecular flexibility index (Phi) is 4.80. The standard InChI is InChI=1S/C18H22N6O4/c1-10-21-22-13(28-10)9-23-11-7-5-6-8-12(11)24(17(23)27)16(26)20-14(15(19)25)18(2,3)4/h5-8,14H,9H2,1-4H3,(H2,19,25)(H,20,26)/t14-/m1/s1. The van der Waals surface area contributed by atoms with E-state index < -0.39 is 29.1 Å². The molecule has 0 aliphatic heterocycles. The van der Waals surface area contributed by atoms with E-state index in [4.69, 9.17) is 10.2 Å². The summed E-state index contributed by atoms with van der Waals surface area (Å²) in [6, 6.07) is 5.12. The Labute approximate surface area is 160 Å². The van der Waals surface area contributed by atoms with Crippen molar-refractivity contribution in [2.45, 2.75) is 40.3 Å². The van der Waals surface area contributed by atoms with Gasteiger partial charge < -0.3 is 15.5 Å². The van der Waals surface area contributed by atoms with Crippen LogP contribution in [-0.4, -0.2) is 37.3 Å². The van der Waals surface area contributed by atoms with E-state index in [9.17, 15) is 14.4 Å². The first kappa shape index (κ1) is 19.3. The molecule has 0 saturated carbocycles. The Morgan fingerprint density at radius 1 is 1.21 bits per heavy atom. The van der Waals surface area contributed by atoms with E-state index in [1.165, 1.54) is 4.57 Å². The van der Waals surface area contributed by atoms with E-state index in [0.29, 0.717) is 16.9 Å². The number of carbonyl (C=O) groups excluding carboxylic acids is 2. The van der Waals surface area contributed by atoms with Crippen LogP contribution in [0, 0.1) is 12.3 Å². The zero-order valence-corrected chi connectivity index (χ0v) is 16.1. The second-order valence-electron chi connectivity index (χ2n) is 7.56. The minimum Gasteiger partial charge on any atom is -0.424 e. The van der Waals surface area contributed by atoms with Gasteiger partial charge in [-0.25, -0.2) is 14.2 Å². The molecule has 28 heavy (non-hydrogen) atoms. The minimum absolute atomic E-state index is 0.0129. The number of hydrogen-bond acceptors (Lipinski definition) is 6. The molecule has 1 aromatic carbocycles. The fourth-order valence-corrected chi connectivity index (χ4v) is 3.00. The number of rotatable bonds is 4. The van der Waals surface area contributed by atoms with Crippen LogP contribution in [0.1, 0.15) is 32.6 Å². The van der Waals surface area contributed by atoms with Crippen LogP contribution >= 0.6 is 0 Å². The Hall–Kier alpha value is -3.43. The van der Waals surface area contributed by atoms with Crippen molar-refractivity contribution in [2.75, 3.05) is 0 Å². The van der Waals surface area contributed by atoms with Crippen molar-refractivity contribution in [3.05, 3.63) is 46.5 Å². The number of fused-ring (bicyclic) bond motifs is 1. The van der Waals surface area contributed by atoms with E-state index in [0.717, 1.165) is 4.57 Å². The first-order valence-corrected chi connectivity index (χ1v) is 8.69. The molecule has 0 aliphatic rings. The highest BCUT2D eigenvalue weighted by Gasteiger charge is 2.32. The minimum atomic E-state index is -0.951. The molecule has 10 heteroatoms. The quantitative estimate of drug-likeness (QED) is 0.686. The molecule has 0 radical (unpaired) electrons. The zero-order chi connectivity index (χ0) is 20.6. The summed E-state index contributed by atoms with van der Waals surface area (Å²) < 4.78 is 7.68. The van der Waals surface area contributed by atoms with Gasteiger partial charge >= 0.3 is 11.7 Å². The van der Waals surface area contributed by atoms with E-state index in [1.54, 1.807) is 52.0 Å². The zero-order valence-electron chi connectivity index (χ0n) is 16.1. The number of imidazole rings is 1. The third-order valence-corrected chi connectivity index (χ3v) is 4.32. The summed E-state index contributed by atoms with van der Waals surface area (Å²) in [5.74, 6) is -0.0643. The molecule has 1 atom stereocenters. The molecule has 2 heterocycles. The lowest BCUT2D eigenvalue weighted by Crippen LogP contribution is -2.54. The molecule has 3 aromatic rings. The highest BCUT2D eigenvalue weighted by molar-refractivity contribution is 5.92. The number of carbonyl (C=O) groups is 2. The van der Waals surface area contributed by atoms with Gasteiger partial charge in [-0.3, -0.25) is 9.36 Å². The van der Waals surface area contributed by atoms with Crippen molar-refractivity contribution in [1.82, 2.24) is 24.6 Å². The Morgan fingerprint density at radius 2 is 1.86 bits per heavy atom. The summed E-state index contributed by atoms with van der Waals surface area (Å²) in [7, 11) is 0. The van der Waals surface area contributed by atoms with Crippen LogP contribution in [0.25, 0.3) is 11.0 Å². The van der Waals surface area contributed by atoms with Crippen LogP contribution in [-0.2, 0) is 11.3 Å². The number of primary amides is 1. The van der Waals surface area contributed by atoms with Gasteiger partial charge in [0.2, 0.25) is 17.7 Å². The molecular weight excluding hydrogens is 364 g/mol. The molecule has 148 valence electrons. The Balaban J connectivity index is 2.06. The van der Waals surface area contributed by atoms with Gasteiger partial charge in [-0.2, -0.15) is 0 Å². The fourth-order valence-electron chi connectivity index (χ4n) is 3.00. The van der Waals surface area contributed by atoms with E-state index in [2.05, 4.69) is 15.5 Å². The van der Waals surface area contributed by atoms with Crippen LogP contribution in [0.5, 0.6) is 0 Å². The molecule has 2 amide bonds. The fraction of sp³-hybridized carbons (Fsp3) is 0.389. The molecule has 0 fully saturated rings. The SMILES string of the molecule is Cc1nnc(Cn2c(=O)n(C(=O)N[C@H](C(N)=O)C(C)(C)C)c3ccccc32)o1. The van der Waals surface area contributed by atoms with Crippen molar-refractivity contribution in [1.29, 1.82) is 0 Å². The number of nitrogens with one attached hydrogen (secondary N) is 1. The molecule has 0 spiro atoms. The predicted octanol–water partition coefficient (Wildman–Crippen LogP) is 1.00. The summed E-state index contributed by atoms with van der Waals surface area (Å²) in [5.41, 5.74) is 5.13. The average Bonchev–Trinajstić information content (AvgIpc) is 3.13. The molecule has 10 nitrogen and oxygen atoms in total. The monoisotopic (exact) mass is 386 g/mol. The first-order chi connectivity index (χ1) is 13.1. The molecule has 3 N–H and O–H groups in total. The lowest BCUT2D eigenvalue weighted by atomic mass is 9.86. The van der Waals surface area contributed by atoms with Gasteiger partial charge in [-0.05, 0) is 17.5 Å². The highest BCUT2D eigenvalue weighted by atomic mass is 16.4. The van der Waals surface area contributed by atoms with Gasteiger partial charge in [0.05, 0.1) is 11.0 Å². The maximum Gasteiger partial charge on any atom is 0.337 e. The van der Waals surface area contributed by atoms with Crippen LogP contribution in [0.15, 0.2) is 33.5 Å². The Morgan fingerprint density at radius 3 is 2.39 bits per heavy atom. The molecule has 3 rings (SSSR count). The number of amides is 2. The number of nitrogens with two attached hydrogens (primary N) is 1. The molecule has 0 saturated heterocycles. The maximum atomic E-state index is 13.0. The largest absolute Gasteiger partial charge is 0.424 e.